The van der Waals surface area contributed by atoms with E-state index in [9.17, 15) is 10.1 Å². The molecular formula is C11H12N2O3. The fourth-order valence-electron chi connectivity index (χ4n) is 1.76. The molecule has 0 fully saturated rings. The predicted octanol–water partition coefficient (Wildman–Crippen LogP) is 2.05. The lowest BCUT2D eigenvalue weighted by atomic mass is 10.0. The number of nitro benzene ring substituents is 1. The first-order valence-electron chi connectivity index (χ1n) is 4.92. The van der Waals surface area contributed by atoms with Crippen molar-refractivity contribution in [3.8, 4) is 0 Å². The van der Waals surface area contributed by atoms with Crippen LogP contribution in [0.4, 0.5) is 11.4 Å². The van der Waals surface area contributed by atoms with Crippen LogP contribution >= 0.6 is 0 Å². The van der Waals surface area contributed by atoms with Gasteiger partial charge in [0.2, 0.25) is 0 Å². The normalized spacial score (nSPS) is 13.7. The third kappa shape index (κ3) is 1.90. The van der Waals surface area contributed by atoms with Crippen LogP contribution in [-0.4, -0.2) is 25.2 Å². The molecule has 5 nitrogen and oxygen atoms in total. The summed E-state index contributed by atoms with van der Waals surface area (Å²) in [7, 11) is 1.61. The number of fused-ring (bicyclic) bond motifs is 1. The van der Waals surface area contributed by atoms with Crippen LogP contribution in [0.1, 0.15) is 5.56 Å². The smallest absolute Gasteiger partial charge is 0.278 e. The SMILES string of the molecule is COCC1=Cc2c(cccc2[N+](=O)[O-])NC1. The molecule has 16 heavy (non-hydrogen) atoms. The molecule has 0 unspecified atom stereocenters. The van der Waals surface area contributed by atoms with Crippen molar-refractivity contribution in [2.24, 2.45) is 0 Å². The van der Waals surface area contributed by atoms with E-state index in [1.165, 1.54) is 6.07 Å². The van der Waals surface area contributed by atoms with Crippen LogP contribution < -0.4 is 5.32 Å². The van der Waals surface area contributed by atoms with E-state index in [1.54, 1.807) is 13.2 Å². The monoisotopic (exact) mass is 220 g/mol. The molecule has 0 saturated carbocycles. The number of nitrogens with one attached hydrogen (secondary N) is 1. The second kappa shape index (κ2) is 4.32. The highest BCUT2D eigenvalue weighted by molar-refractivity contribution is 5.78. The van der Waals surface area contributed by atoms with Crippen LogP contribution in [0, 0.1) is 10.1 Å². The molecule has 1 aromatic rings. The summed E-state index contributed by atoms with van der Waals surface area (Å²) < 4.78 is 5.02. The number of rotatable bonds is 3. The molecule has 1 heterocycles. The highest BCUT2D eigenvalue weighted by Crippen LogP contribution is 2.31. The molecule has 2 rings (SSSR count). The number of hydrogen-bond donors (Lipinski definition) is 1. The van der Waals surface area contributed by atoms with Crippen LogP contribution in [0.25, 0.3) is 6.08 Å². The molecule has 0 spiro atoms. The van der Waals surface area contributed by atoms with Gasteiger partial charge in [-0.2, -0.15) is 0 Å². The van der Waals surface area contributed by atoms with Gasteiger partial charge in [-0.3, -0.25) is 10.1 Å². The Balaban J connectivity index is 2.45. The molecule has 84 valence electrons. The molecule has 1 aromatic carbocycles. The number of nitrogens with zero attached hydrogens (tertiary/aromatic N) is 1. The number of benzene rings is 1. The molecule has 1 N–H and O–H groups in total. The van der Waals surface area contributed by atoms with E-state index in [1.807, 2.05) is 12.1 Å². The average Bonchev–Trinajstić information content (AvgIpc) is 2.28. The maximum atomic E-state index is 10.9. The van der Waals surface area contributed by atoms with Crippen molar-refractivity contribution in [1.29, 1.82) is 0 Å². The minimum atomic E-state index is -0.368. The van der Waals surface area contributed by atoms with E-state index in [2.05, 4.69) is 5.32 Å². The first kappa shape index (κ1) is 10.6. The molecule has 0 saturated heterocycles. The Bertz CT molecular complexity index is 455. The number of anilines is 1. The fraction of sp³-hybridized carbons (Fsp3) is 0.273. The second-order valence-electron chi connectivity index (χ2n) is 3.58. The van der Waals surface area contributed by atoms with E-state index >= 15 is 0 Å². The van der Waals surface area contributed by atoms with Crippen molar-refractivity contribution in [2.75, 3.05) is 25.6 Å². The lowest BCUT2D eigenvalue weighted by Gasteiger charge is -2.17. The van der Waals surface area contributed by atoms with Gasteiger partial charge in [0.25, 0.3) is 5.69 Å². The Morgan fingerprint density at radius 1 is 1.56 bits per heavy atom. The van der Waals surface area contributed by atoms with Crippen molar-refractivity contribution in [1.82, 2.24) is 0 Å². The van der Waals surface area contributed by atoms with Gasteiger partial charge in [0.05, 0.1) is 17.1 Å². The second-order valence-corrected chi connectivity index (χ2v) is 3.58. The lowest BCUT2D eigenvalue weighted by molar-refractivity contribution is -0.385. The topological polar surface area (TPSA) is 64.4 Å². The van der Waals surface area contributed by atoms with Gasteiger partial charge in [-0.05, 0) is 17.7 Å². The largest absolute Gasteiger partial charge is 0.381 e. The standard InChI is InChI=1S/C11H12N2O3/c1-16-7-8-5-9-10(12-6-8)3-2-4-11(9)13(14)15/h2-5,12H,6-7H2,1H3. The summed E-state index contributed by atoms with van der Waals surface area (Å²) in [6.07, 6.45) is 1.83. The predicted molar refractivity (Wildman–Crippen MR) is 61.4 cm³/mol. The quantitative estimate of drug-likeness (QED) is 0.625. The maximum Gasteiger partial charge on any atom is 0.278 e. The van der Waals surface area contributed by atoms with Crippen LogP contribution in [0.5, 0.6) is 0 Å². The first-order chi connectivity index (χ1) is 7.72. The summed E-state index contributed by atoms with van der Waals surface area (Å²) in [5.41, 5.74) is 2.56. The molecule has 0 aromatic heterocycles. The van der Waals surface area contributed by atoms with E-state index in [4.69, 9.17) is 4.74 Å². The van der Waals surface area contributed by atoms with Crippen molar-refractivity contribution < 1.29 is 9.66 Å². The number of nitro groups is 1. The summed E-state index contributed by atoms with van der Waals surface area (Å²) >= 11 is 0. The zero-order chi connectivity index (χ0) is 11.5. The van der Waals surface area contributed by atoms with E-state index in [0.717, 1.165) is 11.3 Å². The molecule has 0 amide bonds. The van der Waals surface area contributed by atoms with Crippen molar-refractivity contribution >= 4 is 17.5 Å². The van der Waals surface area contributed by atoms with Crippen molar-refractivity contribution in [3.05, 3.63) is 39.4 Å². The Kier molecular flexibility index (Phi) is 2.87. The summed E-state index contributed by atoms with van der Waals surface area (Å²) in [6, 6.07) is 5.02. The lowest BCUT2D eigenvalue weighted by Crippen LogP contribution is -2.14. The fourth-order valence-corrected chi connectivity index (χ4v) is 1.76. The minimum absolute atomic E-state index is 0.123. The zero-order valence-corrected chi connectivity index (χ0v) is 8.90. The van der Waals surface area contributed by atoms with Crippen molar-refractivity contribution in [3.63, 3.8) is 0 Å². The van der Waals surface area contributed by atoms with E-state index in [0.29, 0.717) is 18.7 Å². The van der Waals surface area contributed by atoms with E-state index in [-0.39, 0.29) is 10.6 Å². The summed E-state index contributed by atoms with van der Waals surface area (Å²) in [6.45, 7) is 1.15. The average molecular weight is 220 g/mol. The molecule has 1 aliphatic rings. The first-order valence-corrected chi connectivity index (χ1v) is 4.92. The molecule has 0 atom stereocenters. The number of methoxy groups -OCH3 is 1. The Hall–Kier alpha value is -1.88. The molecule has 5 heteroatoms. The van der Waals surface area contributed by atoms with Crippen LogP contribution in [0.2, 0.25) is 0 Å². The van der Waals surface area contributed by atoms with Gasteiger partial charge in [-0.25, -0.2) is 0 Å². The van der Waals surface area contributed by atoms with Gasteiger partial charge in [0, 0.05) is 25.4 Å². The van der Waals surface area contributed by atoms with Gasteiger partial charge < -0.3 is 10.1 Å². The number of hydrogen-bond acceptors (Lipinski definition) is 4. The molecule has 1 aliphatic heterocycles. The Labute approximate surface area is 92.9 Å². The minimum Gasteiger partial charge on any atom is -0.381 e. The van der Waals surface area contributed by atoms with Gasteiger partial charge in [0.1, 0.15) is 0 Å². The zero-order valence-electron chi connectivity index (χ0n) is 8.90. The van der Waals surface area contributed by atoms with Gasteiger partial charge in [0.15, 0.2) is 0 Å². The summed E-state index contributed by atoms with van der Waals surface area (Å²) in [5.74, 6) is 0. The van der Waals surface area contributed by atoms with Gasteiger partial charge >= 0.3 is 0 Å². The van der Waals surface area contributed by atoms with Gasteiger partial charge in [-0.15, -0.1) is 0 Å². The molecule has 0 bridgehead atoms. The van der Waals surface area contributed by atoms with Crippen molar-refractivity contribution in [2.45, 2.75) is 0 Å². The molecule has 0 radical (unpaired) electrons. The number of ether oxygens (including phenoxy) is 1. The molecule has 0 aliphatic carbocycles. The Morgan fingerprint density at radius 2 is 2.38 bits per heavy atom. The highest BCUT2D eigenvalue weighted by atomic mass is 16.6. The third-order valence-electron chi connectivity index (χ3n) is 2.46. The highest BCUT2D eigenvalue weighted by Gasteiger charge is 2.19. The Morgan fingerprint density at radius 3 is 3.06 bits per heavy atom. The van der Waals surface area contributed by atoms with E-state index < -0.39 is 0 Å². The van der Waals surface area contributed by atoms with Crippen LogP contribution in [0.3, 0.4) is 0 Å². The van der Waals surface area contributed by atoms with Crippen LogP contribution in [0.15, 0.2) is 23.8 Å². The molecular weight excluding hydrogens is 208 g/mol. The van der Waals surface area contributed by atoms with Crippen LogP contribution in [-0.2, 0) is 4.74 Å². The third-order valence-corrected chi connectivity index (χ3v) is 2.46. The summed E-state index contributed by atoms with van der Waals surface area (Å²) in [5, 5.41) is 14.0. The maximum absolute atomic E-state index is 10.9. The van der Waals surface area contributed by atoms with Gasteiger partial charge in [-0.1, -0.05) is 6.07 Å². The summed E-state index contributed by atoms with van der Waals surface area (Å²) in [4.78, 5) is 10.5.